The zero-order chi connectivity index (χ0) is 11.5. The first-order valence-electron chi connectivity index (χ1n) is 5.21. The van der Waals surface area contributed by atoms with E-state index in [0.29, 0.717) is 12.4 Å². The first kappa shape index (κ1) is 11.1. The predicted molar refractivity (Wildman–Crippen MR) is 59.5 cm³/mol. The van der Waals surface area contributed by atoms with Crippen LogP contribution in [-0.4, -0.2) is 33.5 Å². The maximum Gasteiger partial charge on any atom is 0.165 e. The summed E-state index contributed by atoms with van der Waals surface area (Å²) in [6.45, 7) is 3.31. The highest BCUT2D eigenvalue weighted by Gasteiger charge is 2.24. The highest BCUT2D eigenvalue weighted by molar-refractivity contribution is 5.50. The largest absolute Gasteiger partial charge is 0.496 e. The van der Waals surface area contributed by atoms with Crippen molar-refractivity contribution in [2.75, 3.05) is 27.4 Å². The van der Waals surface area contributed by atoms with Crippen LogP contribution in [0.15, 0.2) is 12.1 Å². The van der Waals surface area contributed by atoms with Crippen molar-refractivity contribution in [2.45, 2.75) is 13.0 Å². The lowest BCUT2D eigenvalue weighted by atomic mass is 10.2. The zero-order valence-electron chi connectivity index (χ0n) is 9.78. The Bertz CT molecular complexity index is 372. The average Bonchev–Trinajstić information content (AvgIpc) is 3.10. The van der Waals surface area contributed by atoms with E-state index in [0.717, 1.165) is 23.7 Å². The number of hydrogen-bond donors (Lipinski definition) is 0. The van der Waals surface area contributed by atoms with Gasteiger partial charge >= 0.3 is 0 Å². The average molecular weight is 224 g/mol. The molecule has 0 amide bonds. The molecule has 1 unspecified atom stereocenters. The lowest BCUT2D eigenvalue weighted by Gasteiger charge is -2.13. The summed E-state index contributed by atoms with van der Waals surface area (Å²) in [5, 5.41) is 0. The zero-order valence-corrected chi connectivity index (χ0v) is 9.78. The van der Waals surface area contributed by atoms with Gasteiger partial charge in [0.05, 0.1) is 20.8 Å². The number of benzene rings is 1. The molecule has 1 fully saturated rings. The fraction of sp³-hybridized carbons (Fsp3) is 0.500. The molecule has 4 heteroatoms. The number of epoxide rings is 1. The predicted octanol–water partition coefficient (Wildman–Crippen LogP) is 1.79. The Balaban J connectivity index is 2.17. The highest BCUT2D eigenvalue weighted by Crippen LogP contribution is 2.34. The molecule has 0 aliphatic carbocycles. The fourth-order valence-electron chi connectivity index (χ4n) is 1.48. The molecule has 1 aliphatic heterocycles. The number of rotatable bonds is 5. The van der Waals surface area contributed by atoms with Crippen molar-refractivity contribution in [3.63, 3.8) is 0 Å². The minimum Gasteiger partial charge on any atom is -0.496 e. The molecule has 16 heavy (non-hydrogen) atoms. The molecule has 0 aromatic heterocycles. The van der Waals surface area contributed by atoms with Gasteiger partial charge in [0.2, 0.25) is 0 Å². The van der Waals surface area contributed by atoms with Gasteiger partial charge < -0.3 is 18.9 Å². The molecule has 2 rings (SSSR count). The van der Waals surface area contributed by atoms with Crippen LogP contribution in [0.5, 0.6) is 17.2 Å². The van der Waals surface area contributed by atoms with Gasteiger partial charge in [-0.15, -0.1) is 0 Å². The second kappa shape index (κ2) is 4.61. The van der Waals surface area contributed by atoms with Gasteiger partial charge in [-0.05, 0) is 18.6 Å². The van der Waals surface area contributed by atoms with E-state index in [-0.39, 0.29) is 6.10 Å². The first-order chi connectivity index (χ1) is 7.74. The second-order valence-corrected chi connectivity index (χ2v) is 3.74. The summed E-state index contributed by atoms with van der Waals surface area (Å²) >= 11 is 0. The van der Waals surface area contributed by atoms with Crippen molar-refractivity contribution in [3.8, 4) is 17.2 Å². The molecule has 1 atom stereocenters. The molecule has 1 saturated heterocycles. The van der Waals surface area contributed by atoms with Crippen molar-refractivity contribution >= 4 is 0 Å². The molecule has 0 spiro atoms. The van der Waals surface area contributed by atoms with E-state index in [2.05, 4.69) is 0 Å². The summed E-state index contributed by atoms with van der Waals surface area (Å²) in [6, 6.07) is 3.75. The SMILES string of the molecule is COc1cc(OCC2CO2)c(OC)cc1C. The molecule has 0 saturated carbocycles. The minimum atomic E-state index is 0.233. The van der Waals surface area contributed by atoms with Crippen LogP contribution in [-0.2, 0) is 4.74 Å². The topological polar surface area (TPSA) is 40.2 Å². The van der Waals surface area contributed by atoms with Crippen molar-refractivity contribution in [2.24, 2.45) is 0 Å². The molecule has 1 aliphatic rings. The van der Waals surface area contributed by atoms with Gasteiger partial charge in [0, 0.05) is 6.07 Å². The van der Waals surface area contributed by atoms with Gasteiger partial charge in [0.25, 0.3) is 0 Å². The third kappa shape index (κ3) is 2.39. The van der Waals surface area contributed by atoms with E-state index < -0.39 is 0 Å². The highest BCUT2D eigenvalue weighted by atomic mass is 16.6. The molecule has 1 heterocycles. The molecule has 0 bridgehead atoms. The lowest BCUT2D eigenvalue weighted by Crippen LogP contribution is -2.05. The molecule has 88 valence electrons. The lowest BCUT2D eigenvalue weighted by molar-refractivity contribution is 0.250. The number of aryl methyl sites for hydroxylation is 1. The van der Waals surface area contributed by atoms with Crippen LogP contribution < -0.4 is 14.2 Å². The second-order valence-electron chi connectivity index (χ2n) is 3.74. The standard InChI is InChI=1S/C12H16O4/c1-8-4-11(14-3)12(5-10(8)13-2)16-7-9-6-15-9/h4-5,9H,6-7H2,1-3H3. The summed E-state index contributed by atoms with van der Waals surface area (Å²) in [4.78, 5) is 0. The third-order valence-corrected chi connectivity index (χ3v) is 2.51. The first-order valence-corrected chi connectivity index (χ1v) is 5.21. The quantitative estimate of drug-likeness (QED) is 0.715. The Kier molecular flexibility index (Phi) is 3.19. The van der Waals surface area contributed by atoms with Crippen LogP contribution in [0.1, 0.15) is 5.56 Å². The molecular formula is C12H16O4. The van der Waals surface area contributed by atoms with Gasteiger partial charge in [-0.3, -0.25) is 0 Å². The Morgan fingerprint density at radius 1 is 1.19 bits per heavy atom. The third-order valence-electron chi connectivity index (χ3n) is 2.51. The van der Waals surface area contributed by atoms with E-state index in [1.54, 1.807) is 14.2 Å². The monoisotopic (exact) mass is 224 g/mol. The Morgan fingerprint density at radius 2 is 1.88 bits per heavy atom. The molecule has 1 aromatic rings. The summed E-state index contributed by atoms with van der Waals surface area (Å²) < 4.78 is 21.2. The van der Waals surface area contributed by atoms with Gasteiger partial charge in [0.15, 0.2) is 11.5 Å². The van der Waals surface area contributed by atoms with E-state index in [4.69, 9.17) is 18.9 Å². The van der Waals surface area contributed by atoms with Crippen LogP contribution in [0.4, 0.5) is 0 Å². The van der Waals surface area contributed by atoms with E-state index in [1.807, 2.05) is 19.1 Å². The molecular weight excluding hydrogens is 208 g/mol. The summed E-state index contributed by atoms with van der Waals surface area (Å²) in [7, 11) is 3.27. The summed E-state index contributed by atoms with van der Waals surface area (Å²) in [5.74, 6) is 2.21. The van der Waals surface area contributed by atoms with Crippen LogP contribution in [0.3, 0.4) is 0 Å². The van der Waals surface area contributed by atoms with Crippen molar-refractivity contribution in [1.82, 2.24) is 0 Å². The summed E-state index contributed by atoms with van der Waals surface area (Å²) in [5.41, 5.74) is 1.02. The van der Waals surface area contributed by atoms with Crippen molar-refractivity contribution in [3.05, 3.63) is 17.7 Å². The van der Waals surface area contributed by atoms with E-state index in [1.165, 1.54) is 0 Å². The Hall–Kier alpha value is -1.42. The Morgan fingerprint density at radius 3 is 2.44 bits per heavy atom. The van der Waals surface area contributed by atoms with Crippen molar-refractivity contribution in [1.29, 1.82) is 0 Å². The van der Waals surface area contributed by atoms with Gasteiger partial charge in [-0.1, -0.05) is 0 Å². The van der Waals surface area contributed by atoms with Gasteiger partial charge in [-0.2, -0.15) is 0 Å². The normalized spacial score (nSPS) is 18.1. The maximum absolute atomic E-state index is 5.62. The number of ether oxygens (including phenoxy) is 4. The smallest absolute Gasteiger partial charge is 0.165 e. The van der Waals surface area contributed by atoms with Crippen LogP contribution in [0.25, 0.3) is 0 Å². The molecule has 4 nitrogen and oxygen atoms in total. The van der Waals surface area contributed by atoms with Crippen LogP contribution in [0.2, 0.25) is 0 Å². The molecule has 0 N–H and O–H groups in total. The molecule has 0 radical (unpaired) electrons. The minimum absolute atomic E-state index is 0.233. The van der Waals surface area contributed by atoms with E-state index in [9.17, 15) is 0 Å². The van der Waals surface area contributed by atoms with Gasteiger partial charge in [0.1, 0.15) is 18.5 Å². The van der Waals surface area contributed by atoms with E-state index >= 15 is 0 Å². The Labute approximate surface area is 95.1 Å². The van der Waals surface area contributed by atoms with Crippen LogP contribution in [0, 0.1) is 6.92 Å². The van der Waals surface area contributed by atoms with Crippen LogP contribution >= 0.6 is 0 Å². The van der Waals surface area contributed by atoms with Crippen molar-refractivity contribution < 1.29 is 18.9 Å². The fourth-order valence-corrected chi connectivity index (χ4v) is 1.48. The number of hydrogen-bond acceptors (Lipinski definition) is 4. The maximum atomic E-state index is 5.62. The number of methoxy groups -OCH3 is 2. The van der Waals surface area contributed by atoms with Gasteiger partial charge in [-0.25, -0.2) is 0 Å². The summed E-state index contributed by atoms with van der Waals surface area (Å²) in [6.07, 6.45) is 0.233. The molecule has 1 aromatic carbocycles.